The second-order valence-corrected chi connectivity index (χ2v) is 3.98. The van der Waals surface area contributed by atoms with Gasteiger partial charge in [0.25, 0.3) is 5.91 Å². The highest BCUT2D eigenvalue weighted by atomic mass is 16.1. The van der Waals surface area contributed by atoms with Gasteiger partial charge in [0.2, 0.25) is 0 Å². The van der Waals surface area contributed by atoms with Gasteiger partial charge in [-0.2, -0.15) is 0 Å². The number of carbonyl (C=O) groups is 1. The third-order valence-electron chi connectivity index (χ3n) is 2.77. The Hall–Kier alpha value is -2.30. The van der Waals surface area contributed by atoms with Crippen molar-refractivity contribution in [1.29, 1.82) is 0 Å². The minimum Gasteiger partial charge on any atom is -0.379 e. The first-order valence-corrected chi connectivity index (χ1v) is 5.75. The van der Waals surface area contributed by atoms with Crippen LogP contribution in [0.2, 0.25) is 0 Å². The first kappa shape index (κ1) is 12.2. The van der Waals surface area contributed by atoms with Crippen LogP contribution in [0, 0.1) is 6.92 Å². The molecule has 18 heavy (non-hydrogen) atoms. The van der Waals surface area contributed by atoms with Crippen molar-refractivity contribution in [3.63, 3.8) is 0 Å². The highest BCUT2D eigenvalue weighted by Crippen LogP contribution is 2.11. The molecule has 5 nitrogen and oxygen atoms in total. The molecule has 0 bridgehead atoms. The van der Waals surface area contributed by atoms with Gasteiger partial charge in [0.1, 0.15) is 0 Å². The van der Waals surface area contributed by atoms with Gasteiger partial charge in [-0.3, -0.25) is 4.79 Å². The smallest absolute Gasteiger partial charge is 0.251 e. The number of anilines is 1. The topological polar surface area (TPSA) is 69.8 Å². The predicted octanol–water partition coefficient (Wildman–Crippen LogP) is 1.69. The van der Waals surface area contributed by atoms with E-state index in [1.807, 2.05) is 19.1 Å². The van der Waals surface area contributed by atoms with Crippen molar-refractivity contribution in [2.75, 3.05) is 12.4 Å². The minimum absolute atomic E-state index is 0.0790. The first-order valence-electron chi connectivity index (χ1n) is 5.75. The van der Waals surface area contributed by atoms with Crippen molar-refractivity contribution >= 4 is 11.6 Å². The molecule has 0 atom stereocenters. The number of hydrogen-bond donors (Lipinski definition) is 3. The van der Waals surface area contributed by atoms with E-state index in [9.17, 15) is 4.79 Å². The molecule has 0 aliphatic heterocycles. The molecule has 0 aliphatic rings. The van der Waals surface area contributed by atoms with E-state index >= 15 is 0 Å². The third-order valence-corrected chi connectivity index (χ3v) is 2.77. The van der Waals surface area contributed by atoms with E-state index < -0.39 is 0 Å². The Morgan fingerprint density at radius 2 is 2.06 bits per heavy atom. The molecule has 1 amide bonds. The summed E-state index contributed by atoms with van der Waals surface area (Å²) in [5, 5.41) is 5.85. The lowest BCUT2D eigenvalue weighted by molar-refractivity contribution is 0.0963. The third kappa shape index (κ3) is 2.68. The zero-order valence-electron chi connectivity index (χ0n) is 10.4. The standard InChI is InChI=1S/C13H16N4O/c1-9-12(17-8-16-9)7-15-11-5-3-10(4-6-11)13(18)14-2/h3-6,8,15H,7H2,1-2H3,(H,14,18)(H,16,17). The number of H-pyrrole nitrogens is 1. The highest BCUT2D eigenvalue weighted by molar-refractivity contribution is 5.94. The first-order chi connectivity index (χ1) is 8.70. The van der Waals surface area contributed by atoms with E-state index in [1.54, 1.807) is 25.5 Å². The Bertz CT molecular complexity index is 530. The number of nitrogens with zero attached hydrogens (tertiary/aromatic N) is 1. The van der Waals surface area contributed by atoms with E-state index in [-0.39, 0.29) is 5.91 Å². The van der Waals surface area contributed by atoms with Gasteiger partial charge in [0, 0.05) is 24.0 Å². The Balaban J connectivity index is 1.98. The van der Waals surface area contributed by atoms with E-state index in [4.69, 9.17) is 0 Å². The lowest BCUT2D eigenvalue weighted by Crippen LogP contribution is -2.17. The van der Waals surface area contributed by atoms with Gasteiger partial charge in [0.15, 0.2) is 0 Å². The number of nitrogens with one attached hydrogen (secondary N) is 3. The molecule has 5 heteroatoms. The molecule has 0 spiro atoms. The van der Waals surface area contributed by atoms with Crippen LogP contribution in [0.5, 0.6) is 0 Å². The molecule has 2 aromatic rings. The number of benzene rings is 1. The zero-order chi connectivity index (χ0) is 13.0. The summed E-state index contributed by atoms with van der Waals surface area (Å²) in [6.07, 6.45) is 1.68. The van der Waals surface area contributed by atoms with Gasteiger partial charge in [-0.1, -0.05) is 0 Å². The molecule has 0 saturated heterocycles. The molecule has 0 aliphatic carbocycles. The van der Waals surface area contributed by atoms with Gasteiger partial charge in [-0.05, 0) is 31.2 Å². The number of carbonyl (C=O) groups excluding carboxylic acids is 1. The maximum absolute atomic E-state index is 11.4. The maximum atomic E-state index is 11.4. The molecule has 0 saturated carbocycles. The van der Waals surface area contributed by atoms with Crippen molar-refractivity contribution in [3.05, 3.63) is 47.5 Å². The zero-order valence-corrected chi connectivity index (χ0v) is 10.4. The average molecular weight is 244 g/mol. The van der Waals surface area contributed by atoms with Gasteiger partial charge in [-0.25, -0.2) is 4.98 Å². The summed E-state index contributed by atoms with van der Waals surface area (Å²) in [7, 11) is 1.62. The predicted molar refractivity (Wildman–Crippen MR) is 70.5 cm³/mol. The normalized spacial score (nSPS) is 10.1. The van der Waals surface area contributed by atoms with Crippen LogP contribution in [-0.4, -0.2) is 22.9 Å². The molecule has 0 fully saturated rings. The summed E-state index contributed by atoms with van der Waals surface area (Å²) in [6, 6.07) is 7.34. The van der Waals surface area contributed by atoms with Crippen molar-refractivity contribution in [2.45, 2.75) is 13.5 Å². The number of imidazole rings is 1. The van der Waals surface area contributed by atoms with Crippen LogP contribution in [-0.2, 0) is 6.54 Å². The summed E-state index contributed by atoms with van der Waals surface area (Å²) in [4.78, 5) is 18.6. The number of aromatic amines is 1. The maximum Gasteiger partial charge on any atom is 0.251 e. The van der Waals surface area contributed by atoms with Gasteiger partial charge in [0.05, 0.1) is 18.6 Å². The second-order valence-electron chi connectivity index (χ2n) is 3.98. The monoisotopic (exact) mass is 244 g/mol. The molecule has 1 aromatic heterocycles. The molecule has 1 heterocycles. The SMILES string of the molecule is CNC(=O)c1ccc(NCc2nc[nH]c2C)cc1. The lowest BCUT2D eigenvalue weighted by atomic mass is 10.2. The number of amides is 1. The van der Waals surface area contributed by atoms with Crippen LogP contribution >= 0.6 is 0 Å². The fourth-order valence-electron chi connectivity index (χ4n) is 1.63. The van der Waals surface area contributed by atoms with Crippen LogP contribution in [0.3, 0.4) is 0 Å². The fraction of sp³-hybridized carbons (Fsp3) is 0.231. The molecular weight excluding hydrogens is 228 g/mol. The minimum atomic E-state index is -0.0790. The lowest BCUT2D eigenvalue weighted by Gasteiger charge is -2.06. The summed E-state index contributed by atoms with van der Waals surface area (Å²) >= 11 is 0. The van der Waals surface area contributed by atoms with Crippen LogP contribution in [0.4, 0.5) is 5.69 Å². The van der Waals surface area contributed by atoms with Crippen molar-refractivity contribution in [2.24, 2.45) is 0 Å². The van der Waals surface area contributed by atoms with Crippen LogP contribution in [0.15, 0.2) is 30.6 Å². The summed E-state index contributed by atoms with van der Waals surface area (Å²) in [6.45, 7) is 2.65. The Kier molecular flexibility index (Phi) is 3.62. The van der Waals surface area contributed by atoms with Crippen molar-refractivity contribution in [3.8, 4) is 0 Å². The van der Waals surface area contributed by atoms with Crippen LogP contribution in [0.1, 0.15) is 21.7 Å². The molecule has 2 rings (SSSR count). The number of aromatic nitrogens is 2. The quantitative estimate of drug-likeness (QED) is 0.766. The molecule has 3 N–H and O–H groups in total. The number of aryl methyl sites for hydroxylation is 1. The van der Waals surface area contributed by atoms with Crippen LogP contribution < -0.4 is 10.6 Å². The van der Waals surface area contributed by atoms with Gasteiger partial charge in [-0.15, -0.1) is 0 Å². The second kappa shape index (κ2) is 5.35. The highest BCUT2D eigenvalue weighted by Gasteiger charge is 2.03. The summed E-state index contributed by atoms with van der Waals surface area (Å²) < 4.78 is 0. The summed E-state index contributed by atoms with van der Waals surface area (Å²) in [5.74, 6) is -0.0790. The van der Waals surface area contributed by atoms with E-state index in [2.05, 4.69) is 20.6 Å². The molecular formula is C13H16N4O. The van der Waals surface area contributed by atoms with Crippen molar-refractivity contribution in [1.82, 2.24) is 15.3 Å². The van der Waals surface area contributed by atoms with Gasteiger partial charge < -0.3 is 15.6 Å². The van der Waals surface area contributed by atoms with E-state index in [0.717, 1.165) is 17.1 Å². The molecule has 0 unspecified atom stereocenters. The number of rotatable bonds is 4. The van der Waals surface area contributed by atoms with Gasteiger partial charge >= 0.3 is 0 Å². The molecule has 1 aromatic carbocycles. The summed E-state index contributed by atoms with van der Waals surface area (Å²) in [5.41, 5.74) is 3.67. The molecule has 94 valence electrons. The number of hydrogen-bond acceptors (Lipinski definition) is 3. The van der Waals surface area contributed by atoms with E-state index in [0.29, 0.717) is 12.1 Å². The largest absolute Gasteiger partial charge is 0.379 e. The fourth-order valence-corrected chi connectivity index (χ4v) is 1.63. The Morgan fingerprint density at radius 1 is 1.33 bits per heavy atom. The van der Waals surface area contributed by atoms with Crippen LogP contribution in [0.25, 0.3) is 0 Å². The molecule has 0 radical (unpaired) electrons. The van der Waals surface area contributed by atoms with Crippen molar-refractivity contribution < 1.29 is 4.79 Å². The Labute approximate surface area is 106 Å². The average Bonchev–Trinajstić information content (AvgIpc) is 2.81. The Morgan fingerprint density at radius 3 is 2.61 bits per heavy atom. The van der Waals surface area contributed by atoms with E-state index in [1.165, 1.54) is 0 Å².